The number of nitrogens with one attached hydrogen (secondary N) is 1. The molecule has 0 amide bonds. The smallest absolute Gasteiger partial charge is 0.287 e. The Morgan fingerprint density at radius 3 is 2.36 bits per heavy atom. The van der Waals surface area contributed by atoms with Crippen molar-refractivity contribution in [3.8, 4) is 0 Å². The van der Waals surface area contributed by atoms with Gasteiger partial charge in [-0.05, 0) is 33.9 Å². The second-order valence-electron chi connectivity index (χ2n) is 6.32. The van der Waals surface area contributed by atoms with Crippen molar-refractivity contribution >= 4 is 0 Å². The van der Waals surface area contributed by atoms with E-state index in [1.54, 1.807) is 25.1 Å². The zero-order chi connectivity index (χ0) is 16.2. The van der Waals surface area contributed by atoms with Gasteiger partial charge in [-0.25, -0.2) is 0 Å². The lowest BCUT2D eigenvalue weighted by Crippen LogP contribution is -2.57. The second kappa shape index (κ2) is 7.02. The molecule has 1 atom stereocenters. The third-order valence-corrected chi connectivity index (χ3v) is 4.81. The molecule has 124 valence electrons. The molecule has 1 aliphatic rings. The Morgan fingerprint density at radius 1 is 1.23 bits per heavy atom. The average Bonchev–Trinajstić information content (AvgIpc) is 2.54. The Bertz CT molecular complexity index is 459. The molecule has 0 aliphatic carbocycles. The second-order valence-corrected chi connectivity index (χ2v) is 6.32. The molecule has 1 N–H and O–H groups in total. The maximum absolute atomic E-state index is 14.5. The highest BCUT2D eigenvalue weighted by Crippen LogP contribution is 2.32. The van der Waals surface area contributed by atoms with Crippen LogP contribution in [-0.4, -0.2) is 50.3 Å². The van der Waals surface area contributed by atoms with E-state index in [9.17, 15) is 8.78 Å². The molecule has 5 heteroatoms. The first-order chi connectivity index (χ1) is 10.4. The maximum atomic E-state index is 14.5. The molecule has 3 nitrogen and oxygen atoms in total. The van der Waals surface area contributed by atoms with Crippen molar-refractivity contribution in [2.45, 2.75) is 37.3 Å². The molecular weight excluding hydrogens is 286 g/mol. The zero-order valence-electron chi connectivity index (χ0n) is 13.6. The molecule has 1 saturated heterocycles. The van der Waals surface area contributed by atoms with Crippen LogP contribution in [0.15, 0.2) is 30.3 Å². The van der Waals surface area contributed by atoms with Gasteiger partial charge in [0.25, 0.3) is 5.92 Å². The van der Waals surface area contributed by atoms with Gasteiger partial charge in [0.1, 0.15) is 0 Å². The third kappa shape index (κ3) is 3.65. The fourth-order valence-electron chi connectivity index (χ4n) is 2.92. The van der Waals surface area contributed by atoms with Gasteiger partial charge < -0.3 is 15.0 Å². The third-order valence-electron chi connectivity index (χ3n) is 4.81. The number of nitrogens with zero attached hydrogens (tertiary/aromatic N) is 1. The molecule has 22 heavy (non-hydrogen) atoms. The summed E-state index contributed by atoms with van der Waals surface area (Å²) in [5.41, 5.74) is -0.0555. The number of alkyl halides is 2. The van der Waals surface area contributed by atoms with Crippen LogP contribution in [0.3, 0.4) is 0 Å². The van der Waals surface area contributed by atoms with Crippen LogP contribution in [0.2, 0.25) is 0 Å². The number of hydrogen-bond donors (Lipinski definition) is 1. The molecule has 0 saturated carbocycles. The normalized spacial score (nSPS) is 20.1. The monoisotopic (exact) mass is 312 g/mol. The Hall–Kier alpha value is -1.04. The predicted molar refractivity (Wildman–Crippen MR) is 84.3 cm³/mol. The lowest BCUT2D eigenvalue weighted by Gasteiger charge is -2.44. The van der Waals surface area contributed by atoms with Crippen LogP contribution in [0.5, 0.6) is 0 Å². The largest absolute Gasteiger partial charge is 0.381 e. The summed E-state index contributed by atoms with van der Waals surface area (Å²) in [6.07, 6.45) is 1.72. The summed E-state index contributed by atoms with van der Waals surface area (Å²) < 4.78 is 34.5. The van der Waals surface area contributed by atoms with Crippen molar-refractivity contribution in [1.29, 1.82) is 0 Å². The van der Waals surface area contributed by atoms with Gasteiger partial charge in [-0.1, -0.05) is 30.3 Å². The number of halogens is 2. The minimum Gasteiger partial charge on any atom is -0.381 e. The van der Waals surface area contributed by atoms with Crippen LogP contribution in [-0.2, 0) is 10.7 Å². The predicted octanol–water partition coefficient (Wildman–Crippen LogP) is 2.87. The van der Waals surface area contributed by atoms with Crippen molar-refractivity contribution in [2.24, 2.45) is 0 Å². The van der Waals surface area contributed by atoms with E-state index in [-0.39, 0.29) is 11.1 Å². The van der Waals surface area contributed by atoms with Gasteiger partial charge in [-0.15, -0.1) is 0 Å². The molecule has 1 fully saturated rings. The van der Waals surface area contributed by atoms with Gasteiger partial charge in [0, 0.05) is 30.9 Å². The van der Waals surface area contributed by atoms with Crippen LogP contribution >= 0.6 is 0 Å². The number of rotatable bonds is 6. The van der Waals surface area contributed by atoms with Crippen LogP contribution < -0.4 is 5.32 Å². The summed E-state index contributed by atoms with van der Waals surface area (Å²) in [4.78, 5) is 2.13. The quantitative estimate of drug-likeness (QED) is 0.874. The van der Waals surface area contributed by atoms with Gasteiger partial charge in [-0.3, -0.25) is 0 Å². The van der Waals surface area contributed by atoms with E-state index >= 15 is 0 Å². The molecule has 0 bridgehead atoms. The summed E-state index contributed by atoms with van der Waals surface area (Å²) in [5, 5.41) is 3.07. The molecule has 0 aromatic heterocycles. The van der Waals surface area contributed by atoms with E-state index in [0.29, 0.717) is 19.8 Å². The first-order valence-electron chi connectivity index (χ1n) is 7.80. The molecule has 1 aliphatic heterocycles. The summed E-state index contributed by atoms with van der Waals surface area (Å²) in [6, 6.07) is 7.09. The molecule has 0 spiro atoms. The molecule has 0 radical (unpaired) electrons. The number of hydrogen-bond acceptors (Lipinski definition) is 3. The lowest BCUT2D eigenvalue weighted by molar-refractivity contribution is -0.0499. The van der Waals surface area contributed by atoms with Gasteiger partial charge in [-0.2, -0.15) is 8.78 Å². The van der Waals surface area contributed by atoms with Crippen molar-refractivity contribution < 1.29 is 13.5 Å². The molecule has 1 aromatic carbocycles. The first-order valence-corrected chi connectivity index (χ1v) is 7.80. The molecule has 1 heterocycles. The number of likely N-dealkylation sites (N-methyl/N-ethyl adjacent to an activating group) is 1. The SMILES string of the molecule is CC(NCC1(N(C)C)CCOCC1)C(F)(F)c1ccccc1. The summed E-state index contributed by atoms with van der Waals surface area (Å²) in [6.45, 7) is 3.45. The molecule has 1 aromatic rings. The summed E-state index contributed by atoms with van der Waals surface area (Å²) in [5.74, 6) is -2.89. The van der Waals surface area contributed by atoms with Gasteiger partial charge in [0.2, 0.25) is 0 Å². The van der Waals surface area contributed by atoms with Crippen LogP contribution in [0.4, 0.5) is 8.78 Å². The summed E-state index contributed by atoms with van der Waals surface area (Å²) >= 11 is 0. The minimum atomic E-state index is -2.89. The van der Waals surface area contributed by atoms with E-state index in [1.165, 1.54) is 12.1 Å². The van der Waals surface area contributed by atoms with E-state index in [4.69, 9.17) is 4.74 Å². The van der Waals surface area contributed by atoms with Gasteiger partial charge >= 0.3 is 0 Å². The Morgan fingerprint density at radius 2 is 1.82 bits per heavy atom. The highest BCUT2D eigenvalue weighted by atomic mass is 19.3. The van der Waals surface area contributed by atoms with Crippen LogP contribution in [0.1, 0.15) is 25.3 Å². The highest BCUT2D eigenvalue weighted by Gasteiger charge is 2.41. The number of benzene rings is 1. The standard InChI is InChI=1S/C17H26F2N2O/c1-14(17(18,19)15-7-5-4-6-8-15)20-13-16(21(2)3)9-11-22-12-10-16/h4-8,14,20H,9-13H2,1-3H3. The van der Waals surface area contributed by atoms with E-state index in [0.717, 1.165) is 12.8 Å². The summed E-state index contributed by atoms with van der Waals surface area (Å²) in [7, 11) is 4.01. The molecule has 2 rings (SSSR count). The van der Waals surface area contributed by atoms with Crippen LogP contribution in [0.25, 0.3) is 0 Å². The lowest BCUT2D eigenvalue weighted by atomic mass is 9.88. The Balaban J connectivity index is 2.03. The molecular formula is C17H26F2N2O. The fourth-order valence-corrected chi connectivity index (χ4v) is 2.92. The number of ether oxygens (including phenoxy) is 1. The molecule has 1 unspecified atom stereocenters. The maximum Gasteiger partial charge on any atom is 0.287 e. The van der Waals surface area contributed by atoms with Crippen LogP contribution in [0, 0.1) is 0 Å². The van der Waals surface area contributed by atoms with Gasteiger partial charge in [0.05, 0.1) is 6.04 Å². The highest BCUT2D eigenvalue weighted by molar-refractivity contribution is 5.21. The Labute approximate surface area is 131 Å². The topological polar surface area (TPSA) is 24.5 Å². The van der Waals surface area contributed by atoms with E-state index in [1.807, 2.05) is 14.1 Å². The zero-order valence-corrected chi connectivity index (χ0v) is 13.6. The van der Waals surface area contributed by atoms with E-state index < -0.39 is 12.0 Å². The van der Waals surface area contributed by atoms with Crippen molar-refractivity contribution in [3.63, 3.8) is 0 Å². The first kappa shape index (κ1) is 17.3. The van der Waals surface area contributed by atoms with E-state index in [2.05, 4.69) is 10.2 Å². The minimum absolute atomic E-state index is 0.0564. The fraction of sp³-hybridized carbons (Fsp3) is 0.647. The van der Waals surface area contributed by atoms with Crippen molar-refractivity contribution in [1.82, 2.24) is 10.2 Å². The van der Waals surface area contributed by atoms with Gasteiger partial charge in [0.15, 0.2) is 0 Å². The average molecular weight is 312 g/mol. The van der Waals surface area contributed by atoms with Crippen molar-refractivity contribution in [2.75, 3.05) is 33.9 Å². The van der Waals surface area contributed by atoms with Crippen molar-refractivity contribution in [3.05, 3.63) is 35.9 Å². The Kier molecular flexibility index (Phi) is 5.53.